The second kappa shape index (κ2) is 15.0. The number of amides is 3. The number of aryl methyl sites for hydroxylation is 1. The highest BCUT2D eigenvalue weighted by molar-refractivity contribution is 6.02. The molecule has 0 aromatic carbocycles. The zero-order valence-electron chi connectivity index (χ0n) is 24.9. The number of hydrogen-bond acceptors (Lipinski definition) is 9. The summed E-state index contributed by atoms with van der Waals surface area (Å²) in [5, 5.41) is 10.8. The molecule has 0 aliphatic carbocycles. The molecule has 3 atom stereocenters. The van der Waals surface area contributed by atoms with E-state index >= 15 is 0 Å². The molecule has 1 fully saturated rings. The molecule has 1 saturated heterocycles. The number of ether oxygens (including phenoxy) is 1. The maximum atomic E-state index is 13.9. The van der Waals surface area contributed by atoms with Crippen LogP contribution in [0.2, 0.25) is 0 Å². The van der Waals surface area contributed by atoms with Crippen molar-refractivity contribution < 1.29 is 41.6 Å². The van der Waals surface area contributed by atoms with Gasteiger partial charge in [-0.1, -0.05) is 17.3 Å². The van der Waals surface area contributed by atoms with Crippen molar-refractivity contribution in [3.8, 4) is 12.3 Å². The van der Waals surface area contributed by atoms with Crippen molar-refractivity contribution in [2.24, 2.45) is 5.92 Å². The van der Waals surface area contributed by atoms with Crippen LogP contribution < -0.4 is 21.5 Å². The summed E-state index contributed by atoms with van der Waals surface area (Å²) < 4.78 is 52.2. The monoisotopic (exact) mass is 654 g/mol. The van der Waals surface area contributed by atoms with Crippen LogP contribution in [0.3, 0.4) is 0 Å². The van der Waals surface area contributed by atoms with E-state index < -0.39 is 65.2 Å². The van der Waals surface area contributed by atoms with Crippen molar-refractivity contribution in [3.63, 3.8) is 0 Å². The van der Waals surface area contributed by atoms with E-state index in [1.54, 1.807) is 18.2 Å². The predicted octanol–water partition coefficient (Wildman–Crippen LogP) is 2.69. The number of aromatic nitrogens is 3. The second-order valence-electron chi connectivity index (χ2n) is 10.5. The molecule has 3 aromatic rings. The van der Waals surface area contributed by atoms with Crippen LogP contribution in [0, 0.1) is 25.2 Å². The molecular formula is C31H29F3N6O7. The largest absolute Gasteiger partial charge is 0.456 e. The number of esters is 1. The third-order valence-electron chi connectivity index (χ3n) is 7.01. The van der Waals surface area contributed by atoms with E-state index in [-0.39, 0.29) is 30.4 Å². The number of rotatable bonds is 12. The number of pyridine rings is 2. The van der Waals surface area contributed by atoms with Crippen LogP contribution in [-0.2, 0) is 31.9 Å². The summed E-state index contributed by atoms with van der Waals surface area (Å²) in [6.07, 6.45) is 4.62. The van der Waals surface area contributed by atoms with Gasteiger partial charge in [0.05, 0.1) is 11.3 Å². The first-order valence-corrected chi connectivity index (χ1v) is 14.2. The maximum Gasteiger partial charge on any atom is 0.417 e. The molecule has 246 valence electrons. The zero-order chi connectivity index (χ0) is 34.1. The predicted molar refractivity (Wildman–Crippen MR) is 158 cm³/mol. The maximum absolute atomic E-state index is 13.9. The zero-order valence-corrected chi connectivity index (χ0v) is 24.9. The SMILES string of the molecule is C#CC[C@@H](C(=O)N[C@H](/C=C/C(=O)OCc1ccccn1)C[C@@H]1CCNC1=O)n1cc(C(F)(F)F)cc(NC(=O)c2cc(C)on2)c1=O. The molecule has 4 heterocycles. The van der Waals surface area contributed by atoms with Gasteiger partial charge >= 0.3 is 12.1 Å². The van der Waals surface area contributed by atoms with E-state index in [0.29, 0.717) is 35.5 Å². The van der Waals surface area contributed by atoms with Crippen molar-refractivity contribution in [2.45, 2.75) is 51.1 Å². The Morgan fingerprint density at radius 3 is 2.68 bits per heavy atom. The first-order valence-electron chi connectivity index (χ1n) is 14.2. The smallest absolute Gasteiger partial charge is 0.417 e. The third-order valence-corrected chi connectivity index (χ3v) is 7.01. The Morgan fingerprint density at radius 1 is 1.28 bits per heavy atom. The van der Waals surface area contributed by atoms with Crippen molar-refractivity contribution in [3.05, 3.63) is 87.9 Å². The van der Waals surface area contributed by atoms with E-state index in [4.69, 9.17) is 15.7 Å². The summed E-state index contributed by atoms with van der Waals surface area (Å²) >= 11 is 0. The van der Waals surface area contributed by atoms with Gasteiger partial charge in [0.1, 0.15) is 24.1 Å². The summed E-state index contributed by atoms with van der Waals surface area (Å²) in [6.45, 7) is 1.74. The Balaban J connectivity index is 1.61. The number of alkyl halides is 3. The van der Waals surface area contributed by atoms with Gasteiger partial charge in [0.2, 0.25) is 11.8 Å². The number of terminal acetylenes is 1. The van der Waals surface area contributed by atoms with Crippen LogP contribution in [0.5, 0.6) is 0 Å². The van der Waals surface area contributed by atoms with E-state index in [9.17, 15) is 37.1 Å². The second-order valence-corrected chi connectivity index (χ2v) is 10.5. The Morgan fingerprint density at radius 2 is 2.06 bits per heavy atom. The van der Waals surface area contributed by atoms with Gasteiger partial charge in [0, 0.05) is 49.5 Å². The molecule has 1 aliphatic heterocycles. The number of nitrogens with one attached hydrogen (secondary N) is 3. The van der Waals surface area contributed by atoms with E-state index in [2.05, 4.69) is 32.0 Å². The molecule has 3 aromatic heterocycles. The Hall–Kier alpha value is -5.72. The van der Waals surface area contributed by atoms with E-state index in [1.807, 2.05) is 0 Å². The molecule has 3 amide bonds. The van der Waals surface area contributed by atoms with Gasteiger partial charge in [-0.05, 0) is 38.0 Å². The van der Waals surface area contributed by atoms with Crippen LogP contribution in [0.1, 0.15) is 52.8 Å². The van der Waals surface area contributed by atoms with Gasteiger partial charge in [-0.2, -0.15) is 13.2 Å². The number of carbonyl (C=O) groups excluding carboxylic acids is 4. The summed E-state index contributed by atoms with van der Waals surface area (Å²) in [6, 6.07) is 3.99. The summed E-state index contributed by atoms with van der Waals surface area (Å²) in [5.41, 5.74) is -3.13. The highest BCUT2D eigenvalue weighted by atomic mass is 19.4. The molecule has 0 bridgehead atoms. The molecule has 0 saturated carbocycles. The van der Waals surface area contributed by atoms with Crippen LogP contribution in [0.25, 0.3) is 0 Å². The van der Waals surface area contributed by atoms with Crippen LogP contribution in [-0.4, -0.2) is 51.0 Å². The lowest BCUT2D eigenvalue weighted by Gasteiger charge is -2.24. The Bertz CT molecular complexity index is 1760. The van der Waals surface area contributed by atoms with E-state index in [0.717, 1.165) is 6.08 Å². The minimum Gasteiger partial charge on any atom is -0.456 e. The van der Waals surface area contributed by atoms with Crippen LogP contribution in [0.4, 0.5) is 18.9 Å². The minimum atomic E-state index is -4.99. The van der Waals surface area contributed by atoms with Crippen molar-refractivity contribution in [1.82, 2.24) is 25.3 Å². The fourth-order valence-electron chi connectivity index (χ4n) is 4.68. The molecule has 0 unspecified atom stereocenters. The van der Waals surface area contributed by atoms with Crippen molar-refractivity contribution >= 4 is 29.4 Å². The standard InChI is InChI=1S/C31H29F3N6O7/c1-3-6-25(40-16-20(31(32,33)34)15-24(30(40)45)38-28(43)23-13-18(2)47-39-23)29(44)37-21(14-19-10-12-36-27(19)42)8-9-26(41)46-17-22-7-4-5-11-35-22/h1,4-5,7-9,11,13,15-16,19,21,25H,6,10,12,14,17H2,2H3,(H,36,42)(H,37,44)(H,38,43)/b9-8+/t19-,21+,25-/m0/s1. The molecule has 0 radical (unpaired) electrons. The van der Waals surface area contributed by atoms with Gasteiger partial charge in [0.15, 0.2) is 5.69 Å². The highest BCUT2D eigenvalue weighted by Crippen LogP contribution is 2.31. The summed E-state index contributed by atoms with van der Waals surface area (Å²) in [5.74, 6) is -1.22. The number of hydrogen-bond donors (Lipinski definition) is 3. The van der Waals surface area contributed by atoms with E-state index in [1.165, 1.54) is 25.3 Å². The quantitative estimate of drug-likeness (QED) is 0.151. The number of carbonyl (C=O) groups is 4. The lowest BCUT2D eigenvalue weighted by atomic mass is 9.97. The van der Waals surface area contributed by atoms with Gasteiger partial charge in [-0.15, -0.1) is 12.3 Å². The van der Waals surface area contributed by atoms with Crippen LogP contribution >= 0.6 is 0 Å². The Labute approximate surface area is 265 Å². The molecule has 3 N–H and O–H groups in total. The third kappa shape index (κ3) is 9.16. The normalized spacial score (nSPS) is 15.8. The van der Waals surface area contributed by atoms with Gasteiger partial charge in [-0.25, -0.2) is 4.79 Å². The van der Waals surface area contributed by atoms with Crippen LogP contribution in [0.15, 0.2) is 64.2 Å². The number of anilines is 1. The van der Waals surface area contributed by atoms with Crippen molar-refractivity contribution in [2.75, 3.05) is 11.9 Å². The van der Waals surface area contributed by atoms with Gasteiger partial charge in [-0.3, -0.25) is 28.7 Å². The fraction of sp³-hybridized carbons (Fsp3) is 0.323. The highest BCUT2D eigenvalue weighted by Gasteiger charge is 2.35. The molecular weight excluding hydrogens is 625 g/mol. The summed E-state index contributed by atoms with van der Waals surface area (Å²) in [7, 11) is 0. The molecule has 16 heteroatoms. The molecule has 0 spiro atoms. The average Bonchev–Trinajstić information content (AvgIpc) is 3.66. The molecule has 4 rings (SSSR count). The molecule has 47 heavy (non-hydrogen) atoms. The number of halogens is 3. The number of nitrogens with zero attached hydrogens (tertiary/aromatic N) is 3. The first kappa shape index (κ1) is 34.2. The molecule has 13 nitrogen and oxygen atoms in total. The van der Waals surface area contributed by atoms with Crippen molar-refractivity contribution in [1.29, 1.82) is 0 Å². The Kier molecular flexibility index (Phi) is 10.9. The molecule has 1 aliphatic rings. The average molecular weight is 655 g/mol. The lowest BCUT2D eigenvalue weighted by Crippen LogP contribution is -2.43. The lowest BCUT2D eigenvalue weighted by molar-refractivity contribution is -0.139. The topological polar surface area (TPSA) is 175 Å². The van der Waals surface area contributed by atoms with Gasteiger partial charge in [0.25, 0.3) is 11.5 Å². The fourth-order valence-corrected chi connectivity index (χ4v) is 4.68. The minimum absolute atomic E-state index is 0.0142. The first-order chi connectivity index (χ1) is 22.3. The van der Waals surface area contributed by atoms with Gasteiger partial charge < -0.3 is 25.2 Å². The summed E-state index contributed by atoms with van der Waals surface area (Å²) in [4.78, 5) is 68.4.